The molecule has 8 rings (SSSR count). The van der Waals surface area contributed by atoms with E-state index in [0.717, 1.165) is 24.9 Å². The molecule has 0 radical (unpaired) electrons. The minimum absolute atomic E-state index is 0.459. The third kappa shape index (κ3) is 4.79. The first-order valence-corrected chi connectivity index (χ1v) is 15.6. The highest BCUT2D eigenvalue weighted by atomic mass is 15.1. The average Bonchev–Trinajstić information content (AvgIpc) is 3.44. The van der Waals surface area contributed by atoms with Gasteiger partial charge in [-0.3, -0.25) is 0 Å². The Morgan fingerprint density at radius 3 is 1.77 bits per heavy atom. The maximum absolute atomic E-state index is 2.40. The summed E-state index contributed by atoms with van der Waals surface area (Å²) in [5.41, 5.74) is 11.0. The fourth-order valence-electron chi connectivity index (χ4n) is 6.76. The van der Waals surface area contributed by atoms with Crippen molar-refractivity contribution in [3.63, 3.8) is 0 Å². The summed E-state index contributed by atoms with van der Waals surface area (Å²) >= 11 is 0. The van der Waals surface area contributed by atoms with E-state index in [1.165, 1.54) is 55.6 Å². The van der Waals surface area contributed by atoms with E-state index in [0.29, 0.717) is 5.92 Å². The van der Waals surface area contributed by atoms with E-state index in [2.05, 4.69) is 173 Å². The van der Waals surface area contributed by atoms with Crippen molar-refractivity contribution in [2.75, 3.05) is 4.90 Å². The van der Waals surface area contributed by atoms with Crippen LogP contribution in [-0.4, -0.2) is 4.57 Å². The van der Waals surface area contributed by atoms with Crippen LogP contribution in [0.5, 0.6) is 0 Å². The summed E-state index contributed by atoms with van der Waals surface area (Å²) in [5, 5.41) is 2.57. The van der Waals surface area contributed by atoms with Crippen molar-refractivity contribution in [1.29, 1.82) is 0 Å². The van der Waals surface area contributed by atoms with Crippen molar-refractivity contribution in [1.82, 2.24) is 4.57 Å². The van der Waals surface area contributed by atoms with E-state index in [9.17, 15) is 0 Å². The number of fused-ring (bicyclic) bond motifs is 3. The molecule has 0 fully saturated rings. The van der Waals surface area contributed by atoms with Crippen LogP contribution in [0, 0.1) is 5.92 Å². The molecule has 44 heavy (non-hydrogen) atoms. The molecule has 2 heteroatoms. The summed E-state index contributed by atoms with van der Waals surface area (Å²) in [6.45, 7) is 0. The van der Waals surface area contributed by atoms with E-state index in [4.69, 9.17) is 0 Å². The lowest BCUT2D eigenvalue weighted by Gasteiger charge is -2.29. The SMILES string of the molecule is C1=CC(C2C=CC(N(c3ccccc3)c3ccc(-c4ccc(-n5c6ccccc6c6ccccc65)cc4)cc3)=CC2)=CCC1. The third-order valence-electron chi connectivity index (χ3n) is 8.97. The molecule has 0 spiro atoms. The van der Waals surface area contributed by atoms with Crippen LogP contribution >= 0.6 is 0 Å². The Balaban J connectivity index is 1.09. The zero-order valence-electron chi connectivity index (χ0n) is 24.7. The number of hydrogen-bond donors (Lipinski definition) is 0. The molecule has 1 heterocycles. The van der Waals surface area contributed by atoms with Gasteiger partial charge in [0.15, 0.2) is 0 Å². The Morgan fingerprint density at radius 1 is 0.545 bits per heavy atom. The molecule has 0 amide bonds. The smallest absolute Gasteiger partial charge is 0.0541 e. The van der Waals surface area contributed by atoms with Crippen molar-refractivity contribution in [2.24, 2.45) is 5.92 Å². The second-order valence-electron chi connectivity index (χ2n) is 11.6. The molecule has 0 bridgehead atoms. The number of aromatic nitrogens is 1. The van der Waals surface area contributed by atoms with Gasteiger partial charge in [-0.2, -0.15) is 0 Å². The monoisotopic (exact) mass is 566 g/mol. The largest absolute Gasteiger partial charge is 0.311 e. The molecule has 5 aromatic carbocycles. The number of benzene rings is 5. The minimum Gasteiger partial charge on any atom is -0.311 e. The Morgan fingerprint density at radius 2 is 1.16 bits per heavy atom. The van der Waals surface area contributed by atoms with Gasteiger partial charge in [-0.25, -0.2) is 0 Å². The summed E-state index contributed by atoms with van der Waals surface area (Å²) in [6.07, 6.45) is 17.4. The number of anilines is 2. The highest BCUT2D eigenvalue weighted by Gasteiger charge is 2.19. The first kappa shape index (κ1) is 26.3. The van der Waals surface area contributed by atoms with Crippen LogP contribution < -0.4 is 4.90 Å². The molecule has 0 N–H and O–H groups in total. The molecule has 212 valence electrons. The van der Waals surface area contributed by atoms with Crippen LogP contribution in [0.1, 0.15) is 19.3 Å². The van der Waals surface area contributed by atoms with Gasteiger partial charge in [0, 0.05) is 39.4 Å². The summed E-state index contributed by atoms with van der Waals surface area (Å²) in [4.78, 5) is 2.37. The highest BCUT2D eigenvalue weighted by Crippen LogP contribution is 2.37. The number of allylic oxidation sites excluding steroid dienone is 7. The van der Waals surface area contributed by atoms with Crippen LogP contribution in [-0.2, 0) is 0 Å². The molecule has 6 aromatic rings. The molecule has 1 atom stereocenters. The van der Waals surface area contributed by atoms with Gasteiger partial charge < -0.3 is 9.47 Å². The highest BCUT2D eigenvalue weighted by molar-refractivity contribution is 6.09. The standard InChI is InChI=1S/C42H34N2/c1-3-11-31(12-4-1)32-19-25-36(26-20-32)43(35-13-5-2-6-14-35)37-27-21-33(22-28-37)34-23-29-38(30-24-34)44-41-17-9-7-15-39(41)40-16-8-10-18-42(40)44/h2-3,5-19,21-30,32H,1,4,20H2. The van der Waals surface area contributed by atoms with Gasteiger partial charge >= 0.3 is 0 Å². The molecule has 0 saturated carbocycles. The van der Waals surface area contributed by atoms with E-state index < -0.39 is 0 Å². The summed E-state index contributed by atoms with van der Waals surface area (Å²) in [7, 11) is 0. The first-order valence-electron chi connectivity index (χ1n) is 15.6. The Kier molecular flexibility index (Phi) is 6.81. The third-order valence-corrected chi connectivity index (χ3v) is 8.97. The Labute approximate surface area is 259 Å². The second kappa shape index (κ2) is 11.4. The summed E-state index contributed by atoms with van der Waals surface area (Å²) < 4.78 is 2.37. The fraction of sp³-hybridized carbons (Fsp3) is 0.0952. The average molecular weight is 567 g/mol. The molecule has 2 nitrogen and oxygen atoms in total. The van der Waals surface area contributed by atoms with Gasteiger partial charge in [-0.1, -0.05) is 109 Å². The molecule has 1 unspecified atom stereocenters. The van der Waals surface area contributed by atoms with Crippen LogP contribution in [0.15, 0.2) is 175 Å². The summed E-state index contributed by atoms with van der Waals surface area (Å²) in [5.74, 6) is 0.459. The Bertz CT molecular complexity index is 2020. The summed E-state index contributed by atoms with van der Waals surface area (Å²) in [6, 6.07) is 46.0. The molecule has 2 aliphatic rings. The van der Waals surface area contributed by atoms with E-state index >= 15 is 0 Å². The number of rotatable bonds is 6. The molecule has 0 saturated heterocycles. The molecular formula is C42H34N2. The van der Waals surface area contributed by atoms with Crippen molar-refractivity contribution < 1.29 is 0 Å². The van der Waals surface area contributed by atoms with Crippen molar-refractivity contribution in [3.8, 4) is 16.8 Å². The van der Waals surface area contributed by atoms with Crippen LogP contribution in [0.25, 0.3) is 38.6 Å². The van der Waals surface area contributed by atoms with Crippen LogP contribution in [0.2, 0.25) is 0 Å². The van der Waals surface area contributed by atoms with Crippen molar-refractivity contribution in [3.05, 3.63) is 175 Å². The molecule has 0 aliphatic heterocycles. The topological polar surface area (TPSA) is 8.17 Å². The molecular weight excluding hydrogens is 532 g/mol. The lowest BCUT2D eigenvalue weighted by molar-refractivity contribution is 0.762. The fourth-order valence-corrected chi connectivity index (χ4v) is 6.76. The second-order valence-corrected chi connectivity index (χ2v) is 11.6. The molecule has 2 aliphatic carbocycles. The zero-order chi connectivity index (χ0) is 29.3. The lowest BCUT2D eigenvalue weighted by atomic mass is 9.88. The quantitative estimate of drug-likeness (QED) is 0.195. The van der Waals surface area contributed by atoms with Gasteiger partial charge in [0.25, 0.3) is 0 Å². The maximum atomic E-state index is 2.40. The maximum Gasteiger partial charge on any atom is 0.0541 e. The normalized spacial score (nSPS) is 16.2. The van der Waals surface area contributed by atoms with E-state index in [-0.39, 0.29) is 0 Å². The van der Waals surface area contributed by atoms with Gasteiger partial charge in [-0.05, 0) is 90.6 Å². The van der Waals surface area contributed by atoms with Crippen LogP contribution in [0.3, 0.4) is 0 Å². The lowest BCUT2D eigenvalue weighted by Crippen LogP contribution is -2.17. The van der Waals surface area contributed by atoms with Crippen LogP contribution in [0.4, 0.5) is 11.4 Å². The number of hydrogen-bond acceptors (Lipinski definition) is 1. The zero-order valence-corrected chi connectivity index (χ0v) is 24.7. The van der Waals surface area contributed by atoms with E-state index in [1.54, 1.807) is 0 Å². The van der Waals surface area contributed by atoms with E-state index in [1.807, 2.05) is 0 Å². The van der Waals surface area contributed by atoms with Gasteiger partial charge in [0.1, 0.15) is 0 Å². The number of nitrogens with zero attached hydrogens (tertiary/aromatic N) is 2. The minimum atomic E-state index is 0.459. The molecule has 1 aromatic heterocycles. The van der Waals surface area contributed by atoms with Gasteiger partial charge in [0.05, 0.1) is 11.0 Å². The van der Waals surface area contributed by atoms with Crippen molar-refractivity contribution in [2.45, 2.75) is 19.3 Å². The van der Waals surface area contributed by atoms with Gasteiger partial charge in [-0.15, -0.1) is 0 Å². The number of para-hydroxylation sites is 3. The predicted molar refractivity (Wildman–Crippen MR) is 187 cm³/mol. The predicted octanol–water partition coefficient (Wildman–Crippen LogP) is 11.3. The van der Waals surface area contributed by atoms with Crippen molar-refractivity contribution >= 4 is 33.2 Å². The first-order chi connectivity index (χ1) is 21.8. The Hall–Kier alpha value is -5.34. The van der Waals surface area contributed by atoms with Gasteiger partial charge in [0.2, 0.25) is 0 Å².